The number of amides is 1. The molecule has 0 heterocycles. The molecule has 0 atom stereocenters. The second kappa shape index (κ2) is 10.0. The molecule has 0 saturated carbocycles. The van der Waals surface area contributed by atoms with Gasteiger partial charge in [0.2, 0.25) is 5.96 Å². The molecule has 0 fully saturated rings. The van der Waals surface area contributed by atoms with Gasteiger partial charge in [0.1, 0.15) is 0 Å². The Morgan fingerprint density at radius 3 is 2.09 bits per heavy atom. The van der Waals surface area contributed by atoms with Crippen LogP contribution in [0.25, 0.3) is 0 Å². The molecule has 0 bridgehead atoms. The molecule has 1 amide bonds. The highest BCUT2D eigenvalue weighted by atomic mass is 35.5. The van der Waals surface area contributed by atoms with E-state index in [1.165, 1.54) is 0 Å². The first-order valence-electron chi connectivity index (χ1n) is 9.81. The number of hydrogen-bond acceptors (Lipinski definition) is 2. The molecule has 0 radical (unpaired) electrons. The predicted molar refractivity (Wildman–Crippen MR) is 134 cm³/mol. The van der Waals surface area contributed by atoms with Crippen molar-refractivity contribution in [1.82, 2.24) is 5.32 Å². The third-order valence-electron chi connectivity index (χ3n) is 4.78. The van der Waals surface area contributed by atoms with Crippen molar-refractivity contribution in [2.45, 2.75) is 5.92 Å². The zero-order valence-electron chi connectivity index (χ0n) is 16.7. The Morgan fingerprint density at radius 1 is 0.844 bits per heavy atom. The van der Waals surface area contributed by atoms with E-state index >= 15 is 0 Å². The summed E-state index contributed by atoms with van der Waals surface area (Å²) in [7, 11) is 0. The lowest BCUT2D eigenvalue weighted by atomic mass is 10.0. The molecule has 7 heteroatoms. The van der Waals surface area contributed by atoms with Gasteiger partial charge in [-0.05, 0) is 42.0 Å². The van der Waals surface area contributed by atoms with Gasteiger partial charge >= 0.3 is 0 Å². The summed E-state index contributed by atoms with van der Waals surface area (Å²) < 4.78 is 0. The minimum absolute atomic E-state index is 0.224. The number of carbonyl (C=O) groups is 1. The Balaban J connectivity index is 1.62. The maximum Gasteiger partial charge on any atom is 0.257 e. The van der Waals surface area contributed by atoms with Crippen LogP contribution in [0.1, 0.15) is 21.8 Å². The Hall–Kier alpha value is -3.05. The minimum atomic E-state index is -0.305. The van der Waals surface area contributed by atoms with Crippen LogP contribution in [0.3, 0.4) is 0 Å². The van der Waals surface area contributed by atoms with Crippen LogP contribution in [0.2, 0.25) is 15.1 Å². The summed E-state index contributed by atoms with van der Waals surface area (Å²) in [6.07, 6.45) is 8.30. The van der Waals surface area contributed by atoms with E-state index < -0.39 is 0 Å². The fourth-order valence-corrected chi connectivity index (χ4v) is 3.77. The van der Waals surface area contributed by atoms with Crippen molar-refractivity contribution in [3.8, 4) is 0 Å². The normalized spacial score (nSPS) is 13.4. The molecular formula is C25H18Cl3N3O. The second-order valence-electron chi connectivity index (χ2n) is 7.05. The number of carbonyl (C=O) groups excluding carboxylic acids is 1. The average Bonchev–Trinajstić information content (AvgIpc) is 3.33. The van der Waals surface area contributed by atoms with E-state index in [1.54, 1.807) is 36.4 Å². The summed E-state index contributed by atoms with van der Waals surface area (Å²) in [5, 5.41) is 6.73. The molecule has 0 unspecified atom stereocenters. The van der Waals surface area contributed by atoms with E-state index in [2.05, 4.69) is 27.8 Å². The van der Waals surface area contributed by atoms with Crippen LogP contribution in [0.15, 0.2) is 96.0 Å². The van der Waals surface area contributed by atoms with Gasteiger partial charge in [0.25, 0.3) is 5.91 Å². The van der Waals surface area contributed by atoms with Crippen molar-refractivity contribution < 1.29 is 4.79 Å². The van der Waals surface area contributed by atoms with Gasteiger partial charge in [-0.2, -0.15) is 0 Å². The third-order valence-corrected chi connectivity index (χ3v) is 5.98. The van der Waals surface area contributed by atoms with Crippen molar-refractivity contribution in [2.24, 2.45) is 4.99 Å². The van der Waals surface area contributed by atoms with Crippen molar-refractivity contribution in [1.29, 1.82) is 0 Å². The highest BCUT2D eigenvalue weighted by Gasteiger charge is 2.12. The second-order valence-corrected chi connectivity index (χ2v) is 8.24. The number of nitrogens with one attached hydrogen (secondary N) is 2. The zero-order valence-corrected chi connectivity index (χ0v) is 19.0. The lowest BCUT2D eigenvalue weighted by Crippen LogP contribution is -2.35. The highest BCUT2D eigenvalue weighted by Crippen LogP contribution is 2.33. The first kappa shape index (κ1) is 22.2. The predicted octanol–water partition coefficient (Wildman–Crippen LogP) is 7.39. The van der Waals surface area contributed by atoms with Gasteiger partial charge in [-0.25, -0.2) is 4.99 Å². The summed E-state index contributed by atoms with van der Waals surface area (Å²) in [5.74, 6) is 0.185. The fourth-order valence-electron chi connectivity index (χ4n) is 3.18. The smallest absolute Gasteiger partial charge is 0.257 e. The van der Waals surface area contributed by atoms with Crippen LogP contribution in [-0.2, 0) is 0 Å². The molecule has 4 nitrogen and oxygen atoms in total. The van der Waals surface area contributed by atoms with Crippen LogP contribution >= 0.6 is 34.8 Å². The maximum absolute atomic E-state index is 12.7. The van der Waals surface area contributed by atoms with E-state index in [-0.39, 0.29) is 32.9 Å². The van der Waals surface area contributed by atoms with E-state index in [0.29, 0.717) is 16.9 Å². The Bertz CT molecular complexity index is 1180. The van der Waals surface area contributed by atoms with Crippen molar-refractivity contribution in [3.63, 3.8) is 0 Å². The molecule has 3 aromatic rings. The molecule has 0 aliphatic heterocycles. The van der Waals surface area contributed by atoms with Gasteiger partial charge in [0.05, 0.1) is 20.8 Å². The van der Waals surface area contributed by atoms with E-state index in [0.717, 1.165) is 5.56 Å². The molecule has 32 heavy (non-hydrogen) atoms. The quantitative estimate of drug-likeness (QED) is 0.231. The third kappa shape index (κ3) is 5.40. The zero-order chi connectivity index (χ0) is 22.5. The number of hydrogen-bond donors (Lipinski definition) is 2. The van der Waals surface area contributed by atoms with Gasteiger partial charge in [0, 0.05) is 17.2 Å². The topological polar surface area (TPSA) is 53.5 Å². The number of nitrogens with zero attached hydrogens (tertiary/aromatic N) is 1. The van der Waals surface area contributed by atoms with Crippen molar-refractivity contribution in [2.75, 3.05) is 5.32 Å². The number of guanidine groups is 1. The first-order chi connectivity index (χ1) is 15.5. The fraction of sp³-hybridized carbons (Fsp3) is 0.0400. The number of aliphatic imine (C=N–C) groups is 1. The molecular weight excluding hydrogens is 465 g/mol. The van der Waals surface area contributed by atoms with E-state index in [4.69, 9.17) is 34.8 Å². The Labute approximate surface area is 201 Å². The minimum Gasteiger partial charge on any atom is -0.326 e. The lowest BCUT2D eigenvalue weighted by molar-refractivity contribution is 0.0977. The number of rotatable bonds is 4. The monoisotopic (exact) mass is 481 g/mol. The molecule has 1 aliphatic rings. The molecule has 4 rings (SSSR count). The summed E-state index contributed by atoms with van der Waals surface area (Å²) in [4.78, 5) is 17.3. The van der Waals surface area contributed by atoms with Crippen LogP contribution < -0.4 is 10.6 Å². The summed E-state index contributed by atoms with van der Waals surface area (Å²) in [6.45, 7) is 0. The Kier molecular flexibility index (Phi) is 6.96. The summed E-state index contributed by atoms with van der Waals surface area (Å²) in [6, 6.07) is 19.9. The number of anilines is 1. The lowest BCUT2D eigenvalue weighted by Gasteiger charge is -2.13. The van der Waals surface area contributed by atoms with Gasteiger partial charge < -0.3 is 5.32 Å². The van der Waals surface area contributed by atoms with E-state index in [9.17, 15) is 4.79 Å². The van der Waals surface area contributed by atoms with Crippen molar-refractivity contribution >= 4 is 58.0 Å². The van der Waals surface area contributed by atoms with Gasteiger partial charge in [-0.1, -0.05) is 89.4 Å². The van der Waals surface area contributed by atoms with Gasteiger partial charge in [-0.3, -0.25) is 10.1 Å². The maximum atomic E-state index is 12.7. The molecule has 0 spiro atoms. The van der Waals surface area contributed by atoms with Gasteiger partial charge in [0.15, 0.2) is 0 Å². The van der Waals surface area contributed by atoms with Crippen LogP contribution in [0, 0.1) is 0 Å². The summed E-state index contributed by atoms with van der Waals surface area (Å²) in [5.41, 5.74) is 2.87. The molecule has 3 aromatic carbocycles. The average molecular weight is 483 g/mol. The Morgan fingerprint density at radius 2 is 1.47 bits per heavy atom. The molecule has 160 valence electrons. The SMILES string of the molecule is O=C(NC(=Nc1ccc(C2C=CC=C2)cc1)Nc1cc(Cl)c(Cl)c(Cl)c1)c1ccccc1. The van der Waals surface area contributed by atoms with Crippen molar-refractivity contribution in [3.05, 3.63) is 117 Å². The molecule has 1 aliphatic carbocycles. The molecule has 0 aromatic heterocycles. The number of allylic oxidation sites excluding steroid dienone is 4. The van der Waals surface area contributed by atoms with Gasteiger partial charge in [-0.15, -0.1) is 0 Å². The largest absolute Gasteiger partial charge is 0.326 e. The highest BCUT2D eigenvalue weighted by molar-refractivity contribution is 6.48. The number of benzene rings is 3. The standard InChI is InChI=1S/C25H18Cl3N3O/c26-21-14-20(15-22(27)23(21)28)30-25(31-24(32)18-8-2-1-3-9-18)29-19-12-10-17(11-13-19)16-6-4-5-7-16/h1-16H,(H2,29,30,31,32). The molecule has 0 saturated heterocycles. The summed E-state index contributed by atoms with van der Waals surface area (Å²) >= 11 is 18.3. The first-order valence-corrected chi connectivity index (χ1v) is 10.9. The van der Waals surface area contributed by atoms with Crippen LogP contribution in [0.4, 0.5) is 11.4 Å². The van der Waals surface area contributed by atoms with E-state index in [1.807, 2.05) is 42.5 Å². The van der Waals surface area contributed by atoms with Crippen LogP contribution in [-0.4, -0.2) is 11.9 Å². The number of halogens is 3. The van der Waals surface area contributed by atoms with Crippen LogP contribution in [0.5, 0.6) is 0 Å². The molecule has 2 N–H and O–H groups in total.